The van der Waals surface area contributed by atoms with Crippen LogP contribution in [0.25, 0.3) is 0 Å². The van der Waals surface area contributed by atoms with E-state index in [1.807, 2.05) is 12.1 Å². The molecule has 2 aromatic carbocycles. The van der Waals surface area contributed by atoms with Gasteiger partial charge in [0.15, 0.2) is 5.11 Å². The number of benzene rings is 2. The minimum Gasteiger partial charge on any atom is -0.495 e. The highest BCUT2D eigenvalue weighted by atomic mass is 35.5. The zero-order chi connectivity index (χ0) is 17.7. The molecule has 0 radical (unpaired) electrons. The maximum Gasteiger partial charge on any atom is 0.175 e. The van der Waals surface area contributed by atoms with E-state index in [0.717, 1.165) is 5.69 Å². The van der Waals surface area contributed by atoms with Gasteiger partial charge in [0.05, 0.1) is 24.9 Å². The summed E-state index contributed by atoms with van der Waals surface area (Å²) in [6, 6.07) is 11.6. The Kier molecular flexibility index (Phi) is 6.29. The van der Waals surface area contributed by atoms with Crippen molar-refractivity contribution in [3.8, 4) is 11.5 Å². The molecule has 0 unspecified atom stereocenters. The lowest BCUT2D eigenvalue weighted by atomic mass is 10.0. The molecular weight excluding hydrogens is 344 g/mol. The van der Waals surface area contributed by atoms with Gasteiger partial charge in [0.1, 0.15) is 11.5 Å². The molecule has 2 N–H and O–H groups in total. The fourth-order valence-electron chi connectivity index (χ4n) is 2.22. The molecule has 0 atom stereocenters. The van der Waals surface area contributed by atoms with Gasteiger partial charge in [-0.3, -0.25) is 0 Å². The van der Waals surface area contributed by atoms with Crippen LogP contribution in [0, 0.1) is 0 Å². The first kappa shape index (κ1) is 18.4. The van der Waals surface area contributed by atoms with Gasteiger partial charge in [0, 0.05) is 17.8 Å². The molecule has 0 saturated heterocycles. The first-order valence-corrected chi connectivity index (χ1v) is 8.32. The van der Waals surface area contributed by atoms with Crippen molar-refractivity contribution in [2.24, 2.45) is 0 Å². The van der Waals surface area contributed by atoms with Crippen LogP contribution in [-0.4, -0.2) is 19.3 Å². The second kappa shape index (κ2) is 8.22. The quantitative estimate of drug-likeness (QED) is 0.705. The summed E-state index contributed by atoms with van der Waals surface area (Å²) < 4.78 is 10.6. The smallest absolute Gasteiger partial charge is 0.175 e. The lowest BCUT2D eigenvalue weighted by Crippen LogP contribution is -2.19. The molecule has 0 saturated carbocycles. The van der Waals surface area contributed by atoms with Gasteiger partial charge >= 0.3 is 0 Å². The van der Waals surface area contributed by atoms with Crippen molar-refractivity contribution in [1.29, 1.82) is 0 Å². The minimum atomic E-state index is 0.453. The van der Waals surface area contributed by atoms with Crippen LogP contribution in [-0.2, 0) is 0 Å². The van der Waals surface area contributed by atoms with E-state index in [1.54, 1.807) is 26.4 Å². The van der Waals surface area contributed by atoms with Gasteiger partial charge in [0.25, 0.3) is 0 Å². The maximum atomic E-state index is 6.11. The van der Waals surface area contributed by atoms with Gasteiger partial charge in [-0.2, -0.15) is 0 Å². The van der Waals surface area contributed by atoms with Crippen LogP contribution >= 0.6 is 23.8 Å². The Bertz CT molecular complexity index is 735. The average molecular weight is 365 g/mol. The Hall–Kier alpha value is -1.98. The largest absolute Gasteiger partial charge is 0.495 e. The SMILES string of the molecule is COc1cc(NC(=S)Nc2cccc(C(C)C)c2)c(OC)cc1Cl. The lowest BCUT2D eigenvalue weighted by Gasteiger charge is -2.16. The van der Waals surface area contributed by atoms with E-state index in [2.05, 4.69) is 36.6 Å². The Morgan fingerprint density at radius 2 is 1.75 bits per heavy atom. The number of nitrogens with one attached hydrogen (secondary N) is 2. The number of halogens is 1. The third-order valence-electron chi connectivity index (χ3n) is 3.53. The van der Waals surface area contributed by atoms with Crippen molar-refractivity contribution in [2.45, 2.75) is 19.8 Å². The maximum absolute atomic E-state index is 6.11. The molecule has 24 heavy (non-hydrogen) atoms. The van der Waals surface area contributed by atoms with Crippen molar-refractivity contribution in [2.75, 3.05) is 24.9 Å². The third kappa shape index (κ3) is 4.52. The van der Waals surface area contributed by atoms with Gasteiger partial charge in [-0.25, -0.2) is 0 Å². The van der Waals surface area contributed by atoms with E-state index in [-0.39, 0.29) is 0 Å². The number of thiocarbonyl (C=S) groups is 1. The molecule has 0 spiro atoms. The first-order valence-electron chi connectivity index (χ1n) is 7.54. The molecule has 6 heteroatoms. The molecule has 128 valence electrons. The van der Waals surface area contributed by atoms with E-state index in [0.29, 0.717) is 33.2 Å². The van der Waals surface area contributed by atoms with Crippen LogP contribution in [0.5, 0.6) is 11.5 Å². The molecule has 0 amide bonds. The fourth-order valence-corrected chi connectivity index (χ4v) is 2.68. The zero-order valence-electron chi connectivity index (χ0n) is 14.1. The summed E-state index contributed by atoms with van der Waals surface area (Å²) in [5, 5.41) is 7.23. The summed E-state index contributed by atoms with van der Waals surface area (Å²) in [5.74, 6) is 1.58. The van der Waals surface area contributed by atoms with E-state index in [9.17, 15) is 0 Å². The number of ether oxygens (including phenoxy) is 2. The summed E-state index contributed by atoms with van der Waals surface area (Å²) >= 11 is 11.5. The summed E-state index contributed by atoms with van der Waals surface area (Å²) in [5.41, 5.74) is 2.85. The molecule has 0 aliphatic carbocycles. The summed E-state index contributed by atoms with van der Waals surface area (Å²) in [7, 11) is 3.14. The summed E-state index contributed by atoms with van der Waals surface area (Å²) in [6.07, 6.45) is 0. The molecule has 0 aliphatic rings. The van der Waals surface area contributed by atoms with E-state index in [4.69, 9.17) is 33.3 Å². The molecule has 0 fully saturated rings. The molecule has 4 nitrogen and oxygen atoms in total. The molecule has 2 rings (SSSR count). The van der Waals surface area contributed by atoms with Crippen LogP contribution in [0.2, 0.25) is 5.02 Å². The molecule has 0 aliphatic heterocycles. The van der Waals surface area contributed by atoms with Crippen molar-refractivity contribution in [3.63, 3.8) is 0 Å². The molecule has 0 heterocycles. The van der Waals surface area contributed by atoms with Crippen LogP contribution in [0.3, 0.4) is 0 Å². The highest BCUT2D eigenvalue weighted by Crippen LogP contribution is 2.35. The fraction of sp³-hybridized carbons (Fsp3) is 0.278. The Labute approximate surface area is 153 Å². The normalized spacial score (nSPS) is 10.4. The van der Waals surface area contributed by atoms with Gasteiger partial charge in [-0.05, 0) is 35.8 Å². The number of hydrogen-bond acceptors (Lipinski definition) is 3. The topological polar surface area (TPSA) is 42.5 Å². The van der Waals surface area contributed by atoms with Gasteiger partial charge in [-0.15, -0.1) is 0 Å². The van der Waals surface area contributed by atoms with E-state index >= 15 is 0 Å². The van der Waals surface area contributed by atoms with Crippen LogP contribution in [0.4, 0.5) is 11.4 Å². The highest BCUT2D eigenvalue weighted by molar-refractivity contribution is 7.80. The van der Waals surface area contributed by atoms with Crippen LogP contribution < -0.4 is 20.1 Å². The van der Waals surface area contributed by atoms with Crippen molar-refractivity contribution in [3.05, 3.63) is 47.0 Å². The summed E-state index contributed by atoms with van der Waals surface area (Å²) in [6.45, 7) is 4.31. The summed E-state index contributed by atoms with van der Waals surface area (Å²) in [4.78, 5) is 0. The van der Waals surface area contributed by atoms with E-state index in [1.165, 1.54) is 5.56 Å². The van der Waals surface area contributed by atoms with Crippen LogP contribution in [0.15, 0.2) is 36.4 Å². The van der Waals surface area contributed by atoms with Gasteiger partial charge in [-0.1, -0.05) is 37.6 Å². The second-order valence-corrected chi connectivity index (χ2v) is 6.36. The number of rotatable bonds is 5. The number of methoxy groups -OCH3 is 2. The molecule has 0 aromatic heterocycles. The predicted molar refractivity (Wildman–Crippen MR) is 105 cm³/mol. The first-order chi connectivity index (χ1) is 11.4. The van der Waals surface area contributed by atoms with Crippen molar-refractivity contribution >= 4 is 40.3 Å². The molecular formula is C18H21ClN2O2S. The molecule has 0 bridgehead atoms. The average Bonchev–Trinajstić information content (AvgIpc) is 2.56. The Morgan fingerprint density at radius 3 is 2.38 bits per heavy atom. The van der Waals surface area contributed by atoms with E-state index < -0.39 is 0 Å². The zero-order valence-corrected chi connectivity index (χ0v) is 15.7. The standard InChI is InChI=1S/C18H21ClN2O2S/c1-11(2)12-6-5-7-13(8-12)20-18(24)21-15-10-16(22-3)14(19)9-17(15)23-4/h5-11H,1-4H3,(H2,20,21,24). The molecule has 2 aromatic rings. The number of anilines is 2. The van der Waals surface area contributed by atoms with Gasteiger partial charge < -0.3 is 20.1 Å². The minimum absolute atomic E-state index is 0.453. The Morgan fingerprint density at radius 1 is 1.04 bits per heavy atom. The third-order valence-corrected chi connectivity index (χ3v) is 4.03. The second-order valence-electron chi connectivity index (χ2n) is 5.55. The van der Waals surface area contributed by atoms with Crippen molar-refractivity contribution < 1.29 is 9.47 Å². The van der Waals surface area contributed by atoms with Crippen molar-refractivity contribution in [1.82, 2.24) is 0 Å². The lowest BCUT2D eigenvalue weighted by molar-refractivity contribution is 0.405. The van der Waals surface area contributed by atoms with Crippen LogP contribution in [0.1, 0.15) is 25.3 Å². The number of hydrogen-bond donors (Lipinski definition) is 2. The monoisotopic (exact) mass is 364 g/mol. The predicted octanol–water partition coefficient (Wildman–Crippen LogP) is 5.29. The highest BCUT2D eigenvalue weighted by Gasteiger charge is 2.11. The van der Waals surface area contributed by atoms with Gasteiger partial charge in [0.2, 0.25) is 0 Å². The Balaban J connectivity index is 2.16.